The SMILES string of the molecule is N#C[C@@H](CC(=O)[C@@H]1CCCCN1)Cc1ccc(-c2ccc(CN3CCOCC3)cc2)cc1. The first kappa shape index (κ1) is 22.7. The summed E-state index contributed by atoms with van der Waals surface area (Å²) < 4.78 is 5.42. The number of hydrogen-bond acceptors (Lipinski definition) is 5. The molecule has 2 fully saturated rings. The number of nitrogens with one attached hydrogen (secondary N) is 1. The lowest BCUT2D eigenvalue weighted by atomic mass is 9.90. The highest BCUT2D eigenvalue weighted by atomic mass is 16.5. The van der Waals surface area contributed by atoms with E-state index in [0.717, 1.165) is 64.2 Å². The molecule has 0 aromatic heterocycles. The van der Waals surface area contributed by atoms with Crippen molar-refractivity contribution < 1.29 is 9.53 Å². The number of hydrogen-bond donors (Lipinski definition) is 1. The first-order chi connectivity index (χ1) is 15.7. The zero-order valence-corrected chi connectivity index (χ0v) is 18.8. The number of benzene rings is 2. The minimum atomic E-state index is -0.267. The van der Waals surface area contributed by atoms with Crippen molar-refractivity contribution in [1.82, 2.24) is 10.2 Å². The number of morpholine rings is 1. The van der Waals surface area contributed by atoms with E-state index in [1.165, 1.54) is 16.7 Å². The Morgan fingerprint density at radius 1 is 1.03 bits per heavy atom. The standard InChI is InChI=1S/C27H33N3O2/c28-19-23(18-27(31)26-3-1-2-12-29-26)17-21-4-8-24(9-5-21)25-10-6-22(7-11-25)20-30-13-15-32-16-14-30/h4-11,23,26,29H,1-3,12-18,20H2/t23-,26+/m1/s1. The number of Topliss-reactive ketones (excluding diaryl/α,β-unsaturated/α-hetero) is 1. The van der Waals surface area contributed by atoms with Crippen molar-refractivity contribution in [3.8, 4) is 17.2 Å². The summed E-state index contributed by atoms with van der Waals surface area (Å²) in [6.07, 6.45) is 4.08. The zero-order chi connectivity index (χ0) is 22.2. The van der Waals surface area contributed by atoms with Gasteiger partial charge in [-0.15, -0.1) is 0 Å². The lowest BCUT2D eigenvalue weighted by molar-refractivity contribution is -0.122. The third kappa shape index (κ3) is 6.26. The van der Waals surface area contributed by atoms with Crippen molar-refractivity contribution in [2.75, 3.05) is 32.8 Å². The molecule has 5 nitrogen and oxygen atoms in total. The predicted octanol–water partition coefficient (Wildman–Crippen LogP) is 3.97. The molecule has 0 radical (unpaired) electrons. The van der Waals surface area contributed by atoms with Gasteiger partial charge < -0.3 is 10.1 Å². The maximum atomic E-state index is 12.5. The van der Waals surface area contributed by atoms with Crippen LogP contribution in [0.5, 0.6) is 0 Å². The molecule has 4 rings (SSSR count). The van der Waals surface area contributed by atoms with Crippen LogP contribution in [0.2, 0.25) is 0 Å². The van der Waals surface area contributed by atoms with Crippen molar-refractivity contribution in [2.45, 2.75) is 44.7 Å². The summed E-state index contributed by atoms with van der Waals surface area (Å²) in [5.74, 6) is -0.0819. The largest absolute Gasteiger partial charge is 0.379 e. The second-order valence-electron chi connectivity index (χ2n) is 8.99. The quantitative estimate of drug-likeness (QED) is 0.685. The van der Waals surface area contributed by atoms with Gasteiger partial charge in [-0.25, -0.2) is 0 Å². The van der Waals surface area contributed by atoms with Gasteiger partial charge in [-0.3, -0.25) is 9.69 Å². The van der Waals surface area contributed by atoms with Gasteiger partial charge in [-0.2, -0.15) is 5.26 Å². The molecule has 2 aromatic rings. The van der Waals surface area contributed by atoms with Gasteiger partial charge in [-0.05, 0) is 48.1 Å². The summed E-state index contributed by atoms with van der Waals surface area (Å²) >= 11 is 0. The van der Waals surface area contributed by atoms with Crippen LogP contribution in [0.3, 0.4) is 0 Å². The Labute approximate surface area is 191 Å². The van der Waals surface area contributed by atoms with E-state index in [1.54, 1.807) is 0 Å². The Bertz CT molecular complexity index is 905. The molecule has 1 N–H and O–H groups in total. The number of nitriles is 1. The molecule has 0 bridgehead atoms. The van der Waals surface area contributed by atoms with E-state index in [0.29, 0.717) is 12.8 Å². The molecule has 2 aromatic carbocycles. The Morgan fingerprint density at radius 3 is 2.28 bits per heavy atom. The fraction of sp³-hybridized carbons (Fsp3) is 0.481. The number of rotatable bonds is 8. The smallest absolute Gasteiger partial charge is 0.151 e. The average Bonchev–Trinajstić information content (AvgIpc) is 2.86. The van der Waals surface area contributed by atoms with Crippen molar-refractivity contribution in [3.63, 3.8) is 0 Å². The molecular weight excluding hydrogens is 398 g/mol. The van der Waals surface area contributed by atoms with Crippen molar-refractivity contribution in [1.29, 1.82) is 5.26 Å². The van der Waals surface area contributed by atoms with Crippen LogP contribution in [0.1, 0.15) is 36.8 Å². The zero-order valence-electron chi connectivity index (χ0n) is 18.8. The van der Waals surface area contributed by atoms with E-state index in [-0.39, 0.29) is 17.7 Å². The number of ketones is 1. The van der Waals surface area contributed by atoms with Gasteiger partial charge in [0, 0.05) is 26.1 Å². The van der Waals surface area contributed by atoms with Crippen LogP contribution in [0, 0.1) is 17.2 Å². The van der Waals surface area contributed by atoms with Crippen LogP contribution >= 0.6 is 0 Å². The lowest BCUT2D eigenvalue weighted by Gasteiger charge is -2.26. The van der Waals surface area contributed by atoms with Gasteiger partial charge in [0.05, 0.1) is 31.2 Å². The molecule has 2 aliphatic heterocycles. The van der Waals surface area contributed by atoms with E-state index >= 15 is 0 Å². The highest BCUT2D eigenvalue weighted by Gasteiger charge is 2.23. The third-order valence-corrected chi connectivity index (χ3v) is 6.56. The van der Waals surface area contributed by atoms with E-state index < -0.39 is 0 Å². The van der Waals surface area contributed by atoms with E-state index in [1.807, 2.05) is 0 Å². The average molecular weight is 432 g/mol. The van der Waals surface area contributed by atoms with Crippen LogP contribution in [0.25, 0.3) is 11.1 Å². The molecule has 0 spiro atoms. The van der Waals surface area contributed by atoms with E-state index in [2.05, 4.69) is 64.8 Å². The monoisotopic (exact) mass is 431 g/mol. The fourth-order valence-electron chi connectivity index (χ4n) is 4.61. The van der Waals surface area contributed by atoms with Crippen LogP contribution in [0.4, 0.5) is 0 Å². The van der Waals surface area contributed by atoms with E-state index in [4.69, 9.17) is 4.74 Å². The Morgan fingerprint density at radius 2 is 1.69 bits per heavy atom. The Balaban J connectivity index is 1.31. The van der Waals surface area contributed by atoms with Gasteiger partial charge in [0.1, 0.15) is 0 Å². The Hall–Kier alpha value is -2.52. The van der Waals surface area contributed by atoms with Gasteiger partial charge in [0.2, 0.25) is 0 Å². The summed E-state index contributed by atoms with van der Waals surface area (Å²) in [7, 11) is 0. The molecule has 32 heavy (non-hydrogen) atoms. The Kier molecular flexibility index (Phi) is 8.06. The number of carbonyl (C=O) groups excluding carboxylic acids is 1. The molecule has 5 heteroatoms. The molecule has 2 heterocycles. The van der Waals surface area contributed by atoms with Crippen molar-refractivity contribution in [3.05, 3.63) is 59.7 Å². The lowest BCUT2D eigenvalue weighted by Crippen LogP contribution is -2.41. The molecule has 0 aliphatic carbocycles. The van der Waals surface area contributed by atoms with E-state index in [9.17, 15) is 10.1 Å². The van der Waals surface area contributed by atoms with Crippen LogP contribution in [0.15, 0.2) is 48.5 Å². The fourth-order valence-corrected chi connectivity index (χ4v) is 4.61. The minimum Gasteiger partial charge on any atom is -0.379 e. The van der Waals surface area contributed by atoms with Crippen LogP contribution in [-0.4, -0.2) is 49.6 Å². The predicted molar refractivity (Wildman–Crippen MR) is 126 cm³/mol. The first-order valence-corrected chi connectivity index (χ1v) is 11.9. The minimum absolute atomic E-state index is 0.0619. The number of piperidine rings is 1. The van der Waals surface area contributed by atoms with Gasteiger partial charge >= 0.3 is 0 Å². The van der Waals surface area contributed by atoms with Gasteiger partial charge in [-0.1, -0.05) is 55.0 Å². The third-order valence-electron chi connectivity index (χ3n) is 6.56. The normalized spacial score (nSPS) is 20.4. The second kappa shape index (κ2) is 11.4. The van der Waals surface area contributed by atoms with Crippen LogP contribution < -0.4 is 5.32 Å². The maximum absolute atomic E-state index is 12.5. The first-order valence-electron chi connectivity index (χ1n) is 11.9. The molecule has 168 valence electrons. The summed E-state index contributed by atoms with van der Waals surface area (Å²) in [4.78, 5) is 15.0. The molecule has 0 unspecified atom stereocenters. The maximum Gasteiger partial charge on any atom is 0.151 e. The highest BCUT2D eigenvalue weighted by molar-refractivity contribution is 5.84. The summed E-state index contributed by atoms with van der Waals surface area (Å²) in [6, 6.07) is 19.5. The van der Waals surface area contributed by atoms with Crippen molar-refractivity contribution in [2.24, 2.45) is 5.92 Å². The molecule has 0 amide bonds. The number of nitrogens with zero attached hydrogens (tertiary/aromatic N) is 2. The summed E-state index contributed by atoms with van der Waals surface area (Å²) in [6.45, 7) is 5.51. The molecule has 2 atom stereocenters. The molecule has 0 saturated carbocycles. The highest BCUT2D eigenvalue weighted by Crippen LogP contribution is 2.23. The topological polar surface area (TPSA) is 65.4 Å². The molecular formula is C27H33N3O2. The number of ether oxygens (including phenoxy) is 1. The second-order valence-corrected chi connectivity index (χ2v) is 8.99. The molecule has 2 saturated heterocycles. The van der Waals surface area contributed by atoms with Gasteiger partial charge in [0.15, 0.2) is 5.78 Å². The summed E-state index contributed by atoms with van der Waals surface area (Å²) in [5.41, 5.74) is 4.79. The van der Waals surface area contributed by atoms with Crippen LogP contribution in [-0.2, 0) is 22.5 Å². The van der Waals surface area contributed by atoms with Crippen molar-refractivity contribution >= 4 is 5.78 Å². The molecule has 2 aliphatic rings. The number of carbonyl (C=O) groups is 1. The summed E-state index contributed by atoms with van der Waals surface area (Å²) in [5, 5.41) is 12.9. The van der Waals surface area contributed by atoms with Gasteiger partial charge in [0.25, 0.3) is 0 Å².